The summed E-state index contributed by atoms with van der Waals surface area (Å²) in [5, 5.41) is 3.61. The van der Waals surface area contributed by atoms with Gasteiger partial charge in [-0.2, -0.15) is 0 Å². The second-order valence-corrected chi connectivity index (χ2v) is 1.26. The fourth-order valence-electron chi connectivity index (χ4n) is 0.260. The summed E-state index contributed by atoms with van der Waals surface area (Å²) < 4.78 is 0. The molecule has 0 bridgehead atoms. The first-order valence-corrected chi connectivity index (χ1v) is 2.48. The van der Waals surface area contributed by atoms with Gasteiger partial charge in [0.1, 0.15) is 0 Å². The van der Waals surface area contributed by atoms with E-state index in [-0.39, 0.29) is 0 Å². The van der Waals surface area contributed by atoms with E-state index < -0.39 is 0 Å². The molecule has 0 saturated heterocycles. The standard InChI is InChI=1S/C6H10N/c1-3-4-5-6-7-2/h3-4H2,1-2H3. The molecule has 0 unspecified atom stereocenters. The average molecular weight is 96.2 g/mol. The Morgan fingerprint density at radius 3 is 2.71 bits per heavy atom. The van der Waals surface area contributed by atoms with Crippen molar-refractivity contribution >= 4 is 0 Å². The quantitative estimate of drug-likeness (QED) is 0.432. The Kier molecular flexibility index (Phi) is 4.87. The number of unbranched alkanes of at least 4 members (excludes halogenated alkanes) is 1. The Hall–Kier alpha value is -0.640. The van der Waals surface area contributed by atoms with Gasteiger partial charge in [-0.25, -0.2) is 5.32 Å². The molecule has 0 amide bonds. The maximum atomic E-state index is 3.61. The van der Waals surface area contributed by atoms with E-state index in [1.54, 1.807) is 7.05 Å². The van der Waals surface area contributed by atoms with Crippen LogP contribution < -0.4 is 5.32 Å². The SMILES string of the molecule is CCCC#C[N]C. The Morgan fingerprint density at radius 1 is 1.57 bits per heavy atom. The van der Waals surface area contributed by atoms with Gasteiger partial charge in [-0.3, -0.25) is 0 Å². The third kappa shape index (κ3) is 5.36. The Balaban J connectivity index is 2.91. The third-order valence-electron chi connectivity index (χ3n) is 0.566. The normalized spacial score (nSPS) is 6.57. The van der Waals surface area contributed by atoms with Crippen LogP contribution in [0.25, 0.3) is 0 Å². The zero-order chi connectivity index (χ0) is 5.54. The van der Waals surface area contributed by atoms with Crippen molar-refractivity contribution in [1.29, 1.82) is 0 Å². The summed E-state index contributed by atoms with van der Waals surface area (Å²) in [6, 6.07) is 2.62. The molecule has 0 aliphatic carbocycles. The lowest BCUT2D eigenvalue weighted by atomic mass is 10.4. The number of hydrogen-bond acceptors (Lipinski definition) is 0. The van der Waals surface area contributed by atoms with Crippen molar-refractivity contribution in [2.45, 2.75) is 19.8 Å². The van der Waals surface area contributed by atoms with Crippen LogP contribution in [0.4, 0.5) is 0 Å². The highest BCUT2D eigenvalue weighted by Gasteiger charge is 1.66. The van der Waals surface area contributed by atoms with Crippen molar-refractivity contribution in [2.75, 3.05) is 7.05 Å². The topological polar surface area (TPSA) is 14.1 Å². The van der Waals surface area contributed by atoms with Crippen molar-refractivity contribution < 1.29 is 0 Å². The fourth-order valence-corrected chi connectivity index (χ4v) is 0.260. The molecule has 0 heterocycles. The predicted octanol–water partition coefficient (Wildman–Crippen LogP) is 0.982. The van der Waals surface area contributed by atoms with E-state index in [1.807, 2.05) is 0 Å². The average Bonchev–Trinajstić information content (AvgIpc) is 1.69. The smallest absolute Gasteiger partial charge is 0.0378 e. The Labute approximate surface area is 45.1 Å². The van der Waals surface area contributed by atoms with E-state index in [0.717, 1.165) is 12.8 Å². The molecule has 0 saturated carbocycles. The van der Waals surface area contributed by atoms with Gasteiger partial charge in [0.05, 0.1) is 0 Å². The Morgan fingerprint density at radius 2 is 2.29 bits per heavy atom. The predicted molar refractivity (Wildman–Crippen MR) is 30.7 cm³/mol. The first-order chi connectivity index (χ1) is 3.41. The van der Waals surface area contributed by atoms with Gasteiger partial charge in [0, 0.05) is 19.5 Å². The molecule has 0 spiro atoms. The van der Waals surface area contributed by atoms with E-state index >= 15 is 0 Å². The first kappa shape index (κ1) is 6.36. The highest BCUT2D eigenvalue weighted by atomic mass is 14.8. The molecule has 39 valence electrons. The zero-order valence-electron chi connectivity index (χ0n) is 4.86. The van der Waals surface area contributed by atoms with Crippen LogP contribution in [0.2, 0.25) is 0 Å². The van der Waals surface area contributed by atoms with Gasteiger partial charge >= 0.3 is 0 Å². The lowest BCUT2D eigenvalue weighted by molar-refractivity contribution is 0.977. The minimum atomic E-state index is 0.970. The first-order valence-electron chi connectivity index (χ1n) is 2.48. The summed E-state index contributed by atoms with van der Waals surface area (Å²) in [7, 11) is 1.70. The number of nitrogens with zero attached hydrogens (tertiary/aromatic N) is 1. The zero-order valence-corrected chi connectivity index (χ0v) is 4.86. The minimum Gasteiger partial charge on any atom is -0.239 e. The second kappa shape index (κ2) is 5.36. The number of hydrogen-bond donors (Lipinski definition) is 0. The summed E-state index contributed by atoms with van der Waals surface area (Å²) in [6.45, 7) is 2.10. The lowest BCUT2D eigenvalue weighted by Crippen LogP contribution is -1.79. The molecule has 0 aliphatic heterocycles. The molecule has 0 aromatic rings. The van der Waals surface area contributed by atoms with Crippen LogP contribution in [0.15, 0.2) is 0 Å². The highest BCUT2D eigenvalue weighted by Crippen LogP contribution is 1.78. The maximum absolute atomic E-state index is 3.61. The van der Waals surface area contributed by atoms with E-state index in [0.29, 0.717) is 0 Å². The van der Waals surface area contributed by atoms with Crippen LogP contribution in [0.3, 0.4) is 0 Å². The van der Waals surface area contributed by atoms with Crippen LogP contribution in [0.1, 0.15) is 19.8 Å². The van der Waals surface area contributed by atoms with Crippen LogP contribution in [0.5, 0.6) is 0 Å². The van der Waals surface area contributed by atoms with Crippen molar-refractivity contribution in [3.05, 3.63) is 0 Å². The van der Waals surface area contributed by atoms with Gasteiger partial charge in [-0.1, -0.05) is 12.8 Å². The highest BCUT2D eigenvalue weighted by molar-refractivity contribution is 4.94. The molecule has 1 nitrogen and oxygen atoms in total. The summed E-state index contributed by atoms with van der Waals surface area (Å²) in [5.41, 5.74) is 0. The third-order valence-corrected chi connectivity index (χ3v) is 0.566. The van der Waals surface area contributed by atoms with Crippen molar-refractivity contribution in [3.8, 4) is 12.0 Å². The van der Waals surface area contributed by atoms with Gasteiger partial charge in [0.15, 0.2) is 0 Å². The molecule has 1 heteroatoms. The molecule has 1 radical (unpaired) electrons. The second-order valence-electron chi connectivity index (χ2n) is 1.26. The Bertz CT molecular complexity index is 75.9. The van der Waals surface area contributed by atoms with Crippen LogP contribution in [-0.2, 0) is 0 Å². The molecular weight excluding hydrogens is 86.1 g/mol. The summed E-state index contributed by atoms with van der Waals surface area (Å²) in [5.74, 6) is 2.87. The summed E-state index contributed by atoms with van der Waals surface area (Å²) in [6.07, 6.45) is 2.10. The van der Waals surface area contributed by atoms with Gasteiger partial charge in [-0.05, 0) is 6.42 Å². The van der Waals surface area contributed by atoms with Crippen molar-refractivity contribution in [1.82, 2.24) is 5.32 Å². The van der Waals surface area contributed by atoms with Crippen molar-refractivity contribution in [2.24, 2.45) is 0 Å². The molecule has 0 rings (SSSR count). The molecule has 0 aliphatic rings. The fraction of sp³-hybridized carbons (Fsp3) is 0.667. The monoisotopic (exact) mass is 96.1 g/mol. The van der Waals surface area contributed by atoms with Gasteiger partial charge in [-0.15, -0.1) is 0 Å². The van der Waals surface area contributed by atoms with Gasteiger partial charge in [0.2, 0.25) is 0 Å². The lowest BCUT2D eigenvalue weighted by Gasteiger charge is -1.74. The van der Waals surface area contributed by atoms with Crippen LogP contribution in [-0.4, -0.2) is 7.05 Å². The molecule has 0 N–H and O–H groups in total. The molecule has 0 aromatic heterocycles. The largest absolute Gasteiger partial charge is 0.239 e. The molecular formula is C6H10N. The number of rotatable bonds is 1. The van der Waals surface area contributed by atoms with E-state index in [4.69, 9.17) is 0 Å². The molecule has 7 heavy (non-hydrogen) atoms. The van der Waals surface area contributed by atoms with Crippen LogP contribution >= 0.6 is 0 Å². The van der Waals surface area contributed by atoms with Gasteiger partial charge < -0.3 is 0 Å². The maximum Gasteiger partial charge on any atom is 0.0378 e. The molecule has 0 aromatic carbocycles. The van der Waals surface area contributed by atoms with Crippen LogP contribution in [0, 0.1) is 12.0 Å². The molecule has 0 atom stereocenters. The summed E-state index contributed by atoms with van der Waals surface area (Å²) >= 11 is 0. The summed E-state index contributed by atoms with van der Waals surface area (Å²) in [4.78, 5) is 0. The molecule has 0 fully saturated rings. The minimum absolute atomic E-state index is 0.970. The van der Waals surface area contributed by atoms with E-state index in [1.165, 1.54) is 0 Å². The van der Waals surface area contributed by atoms with E-state index in [2.05, 4.69) is 24.2 Å². The van der Waals surface area contributed by atoms with Gasteiger partial charge in [0.25, 0.3) is 0 Å². The van der Waals surface area contributed by atoms with Crippen molar-refractivity contribution in [3.63, 3.8) is 0 Å². The van der Waals surface area contributed by atoms with E-state index in [9.17, 15) is 0 Å².